The van der Waals surface area contributed by atoms with Crippen LogP contribution in [0.4, 0.5) is 0 Å². The smallest absolute Gasteiger partial charge is 0.268 e. The third-order valence-corrected chi connectivity index (χ3v) is 6.04. The molecule has 4 rings (SSSR count). The first-order valence-electron chi connectivity index (χ1n) is 7.69. The molecule has 2 aromatic carbocycles. The van der Waals surface area contributed by atoms with Crippen LogP contribution in [0.25, 0.3) is 10.9 Å². The largest absolute Gasteiger partial charge is 0.312 e. The van der Waals surface area contributed by atoms with Gasteiger partial charge in [0.1, 0.15) is 0 Å². The van der Waals surface area contributed by atoms with E-state index < -0.39 is 10.0 Å². The van der Waals surface area contributed by atoms with Crippen molar-refractivity contribution in [1.29, 1.82) is 5.26 Å². The van der Waals surface area contributed by atoms with E-state index in [2.05, 4.69) is 5.32 Å². The average Bonchev–Trinajstić information content (AvgIpc) is 2.86. The van der Waals surface area contributed by atoms with Crippen LogP contribution >= 0.6 is 0 Å². The molecular formula is C18H15N3O2S. The Bertz CT molecular complexity index is 1090. The zero-order valence-corrected chi connectivity index (χ0v) is 13.7. The number of aromatic nitrogens is 1. The lowest BCUT2D eigenvalue weighted by Gasteiger charge is -2.09. The highest BCUT2D eigenvalue weighted by molar-refractivity contribution is 7.90. The molecule has 3 aromatic rings. The maximum atomic E-state index is 13.1. The van der Waals surface area contributed by atoms with Crippen LogP contribution in [0, 0.1) is 11.3 Å². The van der Waals surface area contributed by atoms with Gasteiger partial charge in [-0.05, 0) is 48.4 Å². The summed E-state index contributed by atoms with van der Waals surface area (Å²) in [6.45, 7) is 1.55. The molecule has 0 saturated heterocycles. The highest BCUT2D eigenvalue weighted by Gasteiger charge is 2.23. The molecule has 0 fully saturated rings. The van der Waals surface area contributed by atoms with Crippen molar-refractivity contribution in [2.24, 2.45) is 0 Å². The predicted octanol–water partition coefficient (Wildman–Crippen LogP) is 2.40. The van der Waals surface area contributed by atoms with Crippen LogP contribution in [0.15, 0.2) is 53.6 Å². The molecule has 0 spiro atoms. The SMILES string of the molecule is N#Cc1cccc(S(=O)(=O)n2cc3c4c(cccc42)CNCC3)c1. The lowest BCUT2D eigenvalue weighted by molar-refractivity contribution is 0.589. The molecule has 1 aliphatic rings. The molecule has 1 aromatic heterocycles. The van der Waals surface area contributed by atoms with E-state index in [1.165, 1.54) is 16.1 Å². The topological polar surface area (TPSA) is 74.9 Å². The van der Waals surface area contributed by atoms with Gasteiger partial charge in [-0.25, -0.2) is 12.4 Å². The highest BCUT2D eigenvalue weighted by Crippen LogP contribution is 2.30. The van der Waals surface area contributed by atoms with E-state index in [4.69, 9.17) is 5.26 Å². The molecule has 5 nitrogen and oxygen atoms in total. The lowest BCUT2D eigenvalue weighted by Crippen LogP contribution is -2.15. The second kappa shape index (κ2) is 5.48. The fraction of sp³-hybridized carbons (Fsp3) is 0.167. The molecule has 0 amide bonds. The zero-order valence-electron chi connectivity index (χ0n) is 12.9. The number of hydrogen-bond donors (Lipinski definition) is 1. The molecule has 1 aliphatic heterocycles. The molecule has 0 bridgehead atoms. The summed E-state index contributed by atoms with van der Waals surface area (Å²) in [5.74, 6) is 0. The summed E-state index contributed by atoms with van der Waals surface area (Å²) in [6, 6.07) is 13.9. The summed E-state index contributed by atoms with van der Waals surface area (Å²) >= 11 is 0. The van der Waals surface area contributed by atoms with Crippen LogP contribution in [0.3, 0.4) is 0 Å². The molecule has 120 valence electrons. The number of hydrogen-bond acceptors (Lipinski definition) is 4. The maximum absolute atomic E-state index is 13.1. The second-order valence-corrected chi connectivity index (χ2v) is 7.65. The summed E-state index contributed by atoms with van der Waals surface area (Å²) in [7, 11) is -3.74. The first kappa shape index (κ1) is 14.9. The van der Waals surface area contributed by atoms with Crippen LogP contribution in [0.1, 0.15) is 16.7 Å². The van der Waals surface area contributed by atoms with Gasteiger partial charge in [0.05, 0.1) is 22.0 Å². The van der Waals surface area contributed by atoms with Gasteiger partial charge in [-0.1, -0.05) is 18.2 Å². The lowest BCUT2D eigenvalue weighted by atomic mass is 10.1. The van der Waals surface area contributed by atoms with E-state index in [-0.39, 0.29) is 4.90 Å². The standard InChI is InChI=1S/C18H15N3O2S/c19-10-13-3-1-5-16(9-13)24(22,23)21-12-15-7-8-20-11-14-4-2-6-17(21)18(14)15/h1-6,9,12,20H,7-8,11H2. The summed E-state index contributed by atoms with van der Waals surface area (Å²) in [5.41, 5.74) is 3.16. The second-order valence-electron chi connectivity index (χ2n) is 5.83. The summed E-state index contributed by atoms with van der Waals surface area (Å²) < 4.78 is 27.6. The minimum atomic E-state index is -3.74. The van der Waals surface area contributed by atoms with Crippen LogP contribution in [-0.2, 0) is 23.0 Å². The Balaban J connectivity index is 1.98. The zero-order chi connectivity index (χ0) is 16.7. The van der Waals surface area contributed by atoms with Gasteiger partial charge in [-0.3, -0.25) is 0 Å². The molecule has 6 heteroatoms. The molecule has 24 heavy (non-hydrogen) atoms. The van der Waals surface area contributed by atoms with E-state index in [1.807, 2.05) is 24.3 Å². The summed E-state index contributed by atoms with van der Waals surface area (Å²) in [6.07, 6.45) is 2.50. The van der Waals surface area contributed by atoms with Gasteiger partial charge in [0, 0.05) is 18.1 Å². The molecule has 2 heterocycles. The average molecular weight is 337 g/mol. The van der Waals surface area contributed by atoms with Gasteiger partial charge >= 0.3 is 0 Å². The van der Waals surface area contributed by atoms with E-state index >= 15 is 0 Å². The van der Waals surface area contributed by atoms with Crippen molar-refractivity contribution >= 4 is 20.9 Å². The number of rotatable bonds is 2. The maximum Gasteiger partial charge on any atom is 0.268 e. The molecular weight excluding hydrogens is 322 g/mol. The molecule has 1 N–H and O–H groups in total. The van der Waals surface area contributed by atoms with Gasteiger partial charge in [-0.15, -0.1) is 0 Å². The van der Waals surface area contributed by atoms with Crippen molar-refractivity contribution in [1.82, 2.24) is 9.29 Å². The molecule has 0 atom stereocenters. The Morgan fingerprint density at radius 3 is 2.79 bits per heavy atom. The van der Waals surface area contributed by atoms with Gasteiger partial charge in [0.15, 0.2) is 0 Å². The Kier molecular flexibility index (Phi) is 3.41. The van der Waals surface area contributed by atoms with Gasteiger partial charge in [0.25, 0.3) is 10.0 Å². The Hall–Kier alpha value is -2.62. The van der Waals surface area contributed by atoms with E-state index in [9.17, 15) is 8.42 Å². The first-order valence-corrected chi connectivity index (χ1v) is 9.13. The Morgan fingerprint density at radius 1 is 1.12 bits per heavy atom. The van der Waals surface area contributed by atoms with E-state index in [0.29, 0.717) is 11.1 Å². The number of nitrogens with zero attached hydrogens (tertiary/aromatic N) is 2. The first-order chi connectivity index (χ1) is 11.6. The normalized spacial score (nSPS) is 14.3. The highest BCUT2D eigenvalue weighted by atomic mass is 32.2. The van der Waals surface area contributed by atoms with Crippen LogP contribution < -0.4 is 5.32 Å². The van der Waals surface area contributed by atoms with Crippen molar-refractivity contribution in [2.75, 3.05) is 6.54 Å². The Labute approximate surface area is 140 Å². The van der Waals surface area contributed by atoms with Crippen molar-refractivity contribution in [3.05, 3.63) is 65.4 Å². The Morgan fingerprint density at radius 2 is 1.96 bits per heavy atom. The van der Waals surface area contributed by atoms with E-state index in [0.717, 1.165) is 36.0 Å². The number of nitrogens with one attached hydrogen (secondary N) is 1. The van der Waals surface area contributed by atoms with Crippen molar-refractivity contribution in [2.45, 2.75) is 17.9 Å². The monoisotopic (exact) mass is 337 g/mol. The van der Waals surface area contributed by atoms with Gasteiger partial charge in [0.2, 0.25) is 0 Å². The third kappa shape index (κ3) is 2.21. The molecule has 0 saturated carbocycles. The summed E-state index contributed by atoms with van der Waals surface area (Å²) in [5, 5.41) is 13.4. The van der Waals surface area contributed by atoms with Crippen molar-refractivity contribution in [3.63, 3.8) is 0 Å². The van der Waals surface area contributed by atoms with Crippen LogP contribution in [0.5, 0.6) is 0 Å². The minimum Gasteiger partial charge on any atom is -0.312 e. The fourth-order valence-corrected chi connectivity index (χ4v) is 4.67. The van der Waals surface area contributed by atoms with Crippen molar-refractivity contribution < 1.29 is 8.42 Å². The fourth-order valence-electron chi connectivity index (χ4n) is 3.24. The molecule has 0 radical (unpaired) electrons. The van der Waals surface area contributed by atoms with Crippen molar-refractivity contribution in [3.8, 4) is 6.07 Å². The minimum absolute atomic E-state index is 0.130. The number of benzene rings is 2. The molecule has 0 unspecified atom stereocenters. The van der Waals surface area contributed by atoms with Gasteiger partial charge in [-0.2, -0.15) is 5.26 Å². The van der Waals surface area contributed by atoms with E-state index in [1.54, 1.807) is 18.3 Å². The van der Waals surface area contributed by atoms with Crippen LogP contribution in [-0.4, -0.2) is 18.9 Å². The predicted molar refractivity (Wildman–Crippen MR) is 91.1 cm³/mol. The third-order valence-electron chi connectivity index (χ3n) is 4.37. The molecule has 0 aliphatic carbocycles. The summed E-state index contributed by atoms with van der Waals surface area (Å²) in [4.78, 5) is 0.130. The van der Waals surface area contributed by atoms with Crippen LogP contribution in [0.2, 0.25) is 0 Å². The number of nitriles is 1. The quantitative estimate of drug-likeness (QED) is 0.779. The van der Waals surface area contributed by atoms with Gasteiger partial charge < -0.3 is 5.32 Å².